The molecule has 1 aliphatic rings. The average Bonchev–Trinajstić information content (AvgIpc) is 2.76. The van der Waals surface area contributed by atoms with Gasteiger partial charge in [-0.1, -0.05) is 24.4 Å². The van der Waals surface area contributed by atoms with E-state index in [1.165, 1.54) is 0 Å². The van der Waals surface area contributed by atoms with Gasteiger partial charge >= 0.3 is 5.97 Å². The summed E-state index contributed by atoms with van der Waals surface area (Å²) in [5, 5.41) is 8.39. The minimum Gasteiger partial charge on any atom is -0.481 e. The van der Waals surface area contributed by atoms with E-state index in [9.17, 15) is 23.1 Å². The Hall–Kier alpha value is -1.23. The number of rotatable bonds is 2. The van der Waals surface area contributed by atoms with Crippen LogP contribution in [0.4, 0.5) is 13.2 Å². The number of carbonyl (C=O) groups is 1. The molecule has 0 heterocycles. The van der Waals surface area contributed by atoms with Crippen molar-refractivity contribution >= 4 is 17.6 Å². The van der Waals surface area contributed by atoms with Gasteiger partial charge in [-0.2, -0.15) is 0 Å². The number of hydrogen-bond acceptors (Lipinski definition) is 1. The second-order valence-corrected chi connectivity index (χ2v) is 4.82. The zero-order valence-corrected chi connectivity index (χ0v) is 10.0. The quantitative estimate of drug-likeness (QED) is 0.662. The van der Waals surface area contributed by atoms with Gasteiger partial charge in [0.15, 0.2) is 5.82 Å². The fourth-order valence-corrected chi connectivity index (χ4v) is 2.70. The van der Waals surface area contributed by atoms with Crippen molar-refractivity contribution in [1.29, 1.82) is 0 Å². The van der Waals surface area contributed by atoms with E-state index in [2.05, 4.69) is 0 Å². The van der Waals surface area contributed by atoms with Crippen LogP contribution in [0.1, 0.15) is 31.2 Å². The summed E-state index contributed by atoms with van der Waals surface area (Å²) in [6.07, 6.45) is 1.36. The first-order valence-electron chi connectivity index (χ1n) is 5.47. The van der Waals surface area contributed by atoms with Crippen LogP contribution in [0.25, 0.3) is 0 Å². The van der Waals surface area contributed by atoms with E-state index in [0.717, 1.165) is 0 Å². The van der Waals surface area contributed by atoms with Gasteiger partial charge in [0.05, 0.1) is 5.41 Å². The van der Waals surface area contributed by atoms with E-state index in [0.29, 0.717) is 18.9 Å². The number of aliphatic carboxylic acids is 1. The van der Waals surface area contributed by atoms with Crippen molar-refractivity contribution in [2.45, 2.75) is 31.1 Å². The highest BCUT2D eigenvalue weighted by molar-refractivity contribution is 6.31. The third-order valence-electron chi connectivity index (χ3n) is 3.46. The molecule has 1 aromatic rings. The van der Waals surface area contributed by atoms with E-state index in [-0.39, 0.29) is 12.8 Å². The fourth-order valence-electron chi connectivity index (χ4n) is 2.55. The summed E-state index contributed by atoms with van der Waals surface area (Å²) in [5.74, 6) is -5.04. The summed E-state index contributed by atoms with van der Waals surface area (Å²) in [4.78, 5) is 11.4. The summed E-state index contributed by atoms with van der Waals surface area (Å²) in [5.41, 5.74) is -2.26. The molecule has 0 spiro atoms. The Bertz CT molecular complexity index is 511. The number of carboxylic acid groups (broad SMARTS) is 1. The third kappa shape index (κ3) is 1.77. The van der Waals surface area contributed by atoms with Crippen LogP contribution in [0.2, 0.25) is 5.02 Å². The predicted molar refractivity (Wildman–Crippen MR) is 59.1 cm³/mol. The second kappa shape index (κ2) is 4.46. The monoisotopic (exact) mass is 278 g/mol. The minimum absolute atomic E-state index is 0.123. The van der Waals surface area contributed by atoms with Crippen molar-refractivity contribution in [2.24, 2.45) is 0 Å². The molecule has 2 nitrogen and oxygen atoms in total. The third-order valence-corrected chi connectivity index (χ3v) is 3.81. The Morgan fingerprint density at radius 1 is 1.22 bits per heavy atom. The summed E-state index contributed by atoms with van der Waals surface area (Å²) in [6, 6.07) is 0.434. The van der Waals surface area contributed by atoms with E-state index in [4.69, 9.17) is 11.6 Å². The second-order valence-electron chi connectivity index (χ2n) is 4.44. The molecule has 0 atom stereocenters. The molecule has 0 amide bonds. The SMILES string of the molecule is O=C(O)C1(c2c(F)cc(F)c(Cl)c2F)CCCC1. The van der Waals surface area contributed by atoms with Gasteiger partial charge in [0.2, 0.25) is 0 Å². The van der Waals surface area contributed by atoms with Gasteiger partial charge in [0.1, 0.15) is 16.7 Å². The Kier molecular flexibility index (Phi) is 3.27. The lowest BCUT2D eigenvalue weighted by molar-refractivity contribution is -0.143. The summed E-state index contributed by atoms with van der Waals surface area (Å²) in [6.45, 7) is 0. The molecular weight excluding hydrogens is 269 g/mol. The topological polar surface area (TPSA) is 37.3 Å². The molecule has 98 valence electrons. The van der Waals surface area contributed by atoms with Crippen LogP contribution in [0.5, 0.6) is 0 Å². The molecule has 0 bridgehead atoms. The van der Waals surface area contributed by atoms with Crippen LogP contribution in [0, 0.1) is 17.5 Å². The maximum atomic E-state index is 13.9. The maximum absolute atomic E-state index is 13.9. The van der Waals surface area contributed by atoms with Crippen LogP contribution in [-0.4, -0.2) is 11.1 Å². The van der Waals surface area contributed by atoms with Crippen LogP contribution < -0.4 is 0 Å². The Labute approximate surface area is 106 Å². The molecule has 0 radical (unpaired) electrons. The van der Waals surface area contributed by atoms with E-state index < -0.39 is 39.4 Å². The molecule has 1 N–H and O–H groups in total. The molecule has 1 saturated carbocycles. The molecule has 1 fully saturated rings. The lowest BCUT2D eigenvalue weighted by Crippen LogP contribution is -2.35. The van der Waals surface area contributed by atoms with Crippen molar-refractivity contribution in [3.05, 3.63) is 34.1 Å². The molecule has 0 unspecified atom stereocenters. The van der Waals surface area contributed by atoms with E-state index >= 15 is 0 Å². The van der Waals surface area contributed by atoms with Crippen molar-refractivity contribution in [2.75, 3.05) is 0 Å². The van der Waals surface area contributed by atoms with Crippen molar-refractivity contribution < 1.29 is 23.1 Å². The van der Waals surface area contributed by atoms with Crippen LogP contribution in [0.15, 0.2) is 6.07 Å². The van der Waals surface area contributed by atoms with E-state index in [1.54, 1.807) is 0 Å². The molecular formula is C12H10ClF3O2. The molecule has 18 heavy (non-hydrogen) atoms. The Morgan fingerprint density at radius 2 is 1.78 bits per heavy atom. The first-order valence-corrected chi connectivity index (χ1v) is 5.85. The number of benzene rings is 1. The Balaban J connectivity index is 2.70. The molecule has 2 rings (SSSR count). The van der Waals surface area contributed by atoms with Crippen molar-refractivity contribution in [3.63, 3.8) is 0 Å². The molecule has 0 aromatic heterocycles. The zero-order valence-electron chi connectivity index (χ0n) is 9.27. The molecule has 1 aliphatic carbocycles. The lowest BCUT2D eigenvalue weighted by atomic mass is 9.78. The maximum Gasteiger partial charge on any atom is 0.314 e. The first kappa shape index (κ1) is 13.2. The van der Waals surface area contributed by atoms with Crippen molar-refractivity contribution in [1.82, 2.24) is 0 Å². The van der Waals surface area contributed by atoms with Crippen molar-refractivity contribution in [3.8, 4) is 0 Å². The largest absolute Gasteiger partial charge is 0.481 e. The summed E-state index contributed by atoms with van der Waals surface area (Å²) in [7, 11) is 0. The fraction of sp³-hybridized carbons (Fsp3) is 0.417. The average molecular weight is 279 g/mol. The van der Waals surface area contributed by atoms with Crippen LogP contribution in [0.3, 0.4) is 0 Å². The van der Waals surface area contributed by atoms with Gasteiger partial charge in [-0.05, 0) is 12.8 Å². The molecule has 6 heteroatoms. The standard InChI is InChI=1S/C12H10ClF3O2/c13-9-7(15)5-6(14)8(10(9)16)12(11(17)18)3-1-2-4-12/h5H,1-4H2,(H,17,18). The smallest absolute Gasteiger partial charge is 0.314 e. The number of hydrogen-bond donors (Lipinski definition) is 1. The van der Waals surface area contributed by atoms with Gasteiger partial charge in [-0.3, -0.25) is 4.79 Å². The minimum atomic E-state index is -1.63. The van der Waals surface area contributed by atoms with Crippen LogP contribution >= 0.6 is 11.6 Å². The highest BCUT2D eigenvalue weighted by Gasteiger charge is 2.47. The summed E-state index contributed by atoms with van der Waals surface area (Å²) < 4.78 is 40.7. The first-order chi connectivity index (χ1) is 8.40. The summed E-state index contributed by atoms with van der Waals surface area (Å²) >= 11 is 5.39. The molecule has 1 aromatic carbocycles. The zero-order chi connectivity index (χ0) is 13.5. The van der Waals surface area contributed by atoms with Gasteiger partial charge in [0.25, 0.3) is 0 Å². The number of carboxylic acids is 1. The highest BCUT2D eigenvalue weighted by Crippen LogP contribution is 2.45. The van der Waals surface area contributed by atoms with Gasteiger partial charge in [0, 0.05) is 11.6 Å². The number of halogens is 4. The molecule has 0 aliphatic heterocycles. The normalized spacial score (nSPS) is 18.0. The highest BCUT2D eigenvalue weighted by atomic mass is 35.5. The van der Waals surface area contributed by atoms with Gasteiger partial charge < -0.3 is 5.11 Å². The van der Waals surface area contributed by atoms with Gasteiger partial charge in [-0.25, -0.2) is 13.2 Å². The predicted octanol–water partition coefficient (Wildman–Crippen LogP) is 3.65. The van der Waals surface area contributed by atoms with Crippen LogP contribution in [-0.2, 0) is 10.2 Å². The lowest BCUT2D eigenvalue weighted by Gasteiger charge is -2.25. The van der Waals surface area contributed by atoms with E-state index in [1.807, 2.05) is 0 Å². The molecule has 0 saturated heterocycles. The van der Waals surface area contributed by atoms with Gasteiger partial charge in [-0.15, -0.1) is 0 Å². The Morgan fingerprint density at radius 3 is 2.28 bits per heavy atom.